The molecule has 240 valence electrons. The second-order valence-electron chi connectivity index (χ2n) is 11.6. The lowest BCUT2D eigenvalue weighted by atomic mass is 10.0. The highest BCUT2D eigenvalue weighted by Gasteiger charge is 2.36. The van der Waals surface area contributed by atoms with Crippen LogP contribution in [-0.2, 0) is 32.6 Å². The molecule has 0 aromatic heterocycles. The van der Waals surface area contributed by atoms with Crippen LogP contribution < -0.4 is 9.62 Å². The summed E-state index contributed by atoms with van der Waals surface area (Å²) in [5, 5.41) is 3.40. The van der Waals surface area contributed by atoms with Gasteiger partial charge in [-0.3, -0.25) is 13.9 Å². The van der Waals surface area contributed by atoms with Gasteiger partial charge in [-0.25, -0.2) is 12.8 Å². The number of rotatable bonds is 12. The predicted octanol–water partition coefficient (Wildman–Crippen LogP) is 6.68. The van der Waals surface area contributed by atoms with Gasteiger partial charge in [0.2, 0.25) is 11.8 Å². The molecule has 0 spiro atoms. The van der Waals surface area contributed by atoms with Gasteiger partial charge >= 0.3 is 0 Å². The van der Waals surface area contributed by atoms with Gasteiger partial charge in [-0.2, -0.15) is 0 Å². The fourth-order valence-corrected chi connectivity index (χ4v) is 7.32. The van der Waals surface area contributed by atoms with Crippen molar-refractivity contribution in [1.29, 1.82) is 0 Å². The van der Waals surface area contributed by atoms with Gasteiger partial charge in [0.05, 0.1) is 10.6 Å². The van der Waals surface area contributed by atoms with Crippen LogP contribution in [0.3, 0.4) is 0 Å². The number of hydrogen-bond acceptors (Lipinski definition) is 4. The summed E-state index contributed by atoms with van der Waals surface area (Å²) in [6, 6.07) is 26.8. The van der Waals surface area contributed by atoms with Crippen molar-refractivity contribution < 1.29 is 22.4 Å². The fourth-order valence-electron chi connectivity index (χ4n) is 5.73. The lowest BCUT2D eigenvalue weighted by Gasteiger charge is -2.34. The molecule has 7 nitrogen and oxygen atoms in total. The molecule has 0 saturated heterocycles. The third-order valence-electron chi connectivity index (χ3n) is 8.26. The number of amides is 2. The van der Waals surface area contributed by atoms with Gasteiger partial charge in [0, 0.05) is 29.6 Å². The largest absolute Gasteiger partial charge is 0.352 e. The monoisotopic (exact) mass is 661 g/mol. The number of carbonyl (C=O) groups is 2. The number of halogens is 2. The van der Waals surface area contributed by atoms with E-state index >= 15 is 4.39 Å². The van der Waals surface area contributed by atoms with Gasteiger partial charge < -0.3 is 10.2 Å². The van der Waals surface area contributed by atoms with Gasteiger partial charge in [0.15, 0.2) is 0 Å². The topological polar surface area (TPSA) is 86.8 Å². The van der Waals surface area contributed by atoms with Crippen molar-refractivity contribution in [3.8, 4) is 0 Å². The molecule has 10 heteroatoms. The molecule has 1 atom stereocenters. The quantitative estimate of drug-likeness (QED) is 0.184. The number of hydrogen-bond donors (Lipinski definition) is 1. The molecule has 1 aliphatic carbocycles. The van der Waals surface area contributed by atoms with Crippen molar-refractivity contribution in [3.05, 3.63) is 131 Å². The van der Waals surface area contributed by atoms with Gasteiger partial charge in [-0.05, 0) is 61.7 Å². The molecule has 5 rings (SSSR count). The van der Waals surface area contributed by atoms with E-state index in [1.807, 2.05) is 37.3 Å². The first-order valence-corrected chi connectivity index (χ1v) is 17.2. The van der Waals surface area contributed by atoms with Crippen LogP contribution in [0.1, 0.15) is 42.4 Å². The third kappa shape index (κ3) is 8.13. The van der Waals surface area contributed by atoms with Crippen molar-refractivity contribution in [1.82, 2.24) is 10.2 Å². The summed E-state index contributed by atoms with van der Waals surface area (Å²) in [6.45, 7) is 0.959. The molecular weight excluding hydrogens is 625 g/mol. The molecule has 0 heterocycles. The molecule has 4 aromatic rings. The minimum absolute atomic E-state index is 0.00802. The van der Waals surface area contributed by atoms with Crippen LogP contribution in [0, 0.1) is 12.7 Å². The van der Waals surface area contributed by atoms with E-state index in [0.29, 0.717) is 0 Å². The highest BCUT2D eigenvalue weighted by Crippen LogP contribution is 2.28. The van der Waals surface area contributed by atoms with E-state index in [2.05, 4.69) is 5.32 Å². The van der Waals surface area contributed by atoms with Crippen LogP contribution >= 0.6 is 11.6 Å². The molecule has 1 saturated carbocycles. The van der Waals surface area contributed by atoms with E-state index in [0.717, 1.165) is 41.1 Å². The summed E-state index contributed by atoms with van der Waals surface area (Å²) in [4.78, 5) is 29.8. The van der Waals surface area contributed by atoms with E-state index in [-0.39, 0.29) is 46.1 Å². The summed E-state index contributed by atoms with van der Waals surface area (Å²) in [5.41, 5.74) is 2.07. The van der Waals surface area contributed by atoms with E-state index in [1.54, 1.807) is 48.5 Å². The van der Waals surface area contributed by atoms with Crippen LogP contribution in [0.2, 0.25) is 5.02 Å². The second-order valence-corrected chi connectivity index (χ2v) is 13.9. The Kier molecular flexibility index (Phi) is 10.8. The smallest absolute Gasteiger partial charge is 0.264 e. The molecule has 4 aromatic carbocycles. The zero-order valence-corrected chi connectivity index (χ0v) is 27.2. The zero-order valence-electron chi connectivity index (χ0n) is 25.6. The van der Waals surface area contributed by atoms with Crippen molar-refractivity contribution in [3.63, 3.8) is 0 Å². The summed E-state index contributed by atoms with van der Waals surface area (Å²) >= 11 is 6.28. The molecule has 0 unspecified atom stereocenters. The molecule has 0 aliphatic heterocycles. The van der Waals surface area contributed by atoms with Gasteiger partial charge in [-0.1, -0.05) is 96.7 Å². The molecule has 1 aliphatic rings. The Labute approximate surface area is 275 Å². The maximum absolute atomic E-state index is 15.1. The Morgan fingerprint density at radius 2 is 1.59 bits per heavy atom. The Morgan fingerprint density at radius 1 is 0.913 bits per heavy atom. The molecule has 1 fully saturated rings. The standard InChI is InChI=1S/C36H37ClFN3O4S/c1-26-18-20-32(21-19-26)46(44,45)41(31-16-9-13-29(37)23-31)25-35(42)40(24-28-12-5-8-17-33(28)38)34(22-27-10-3-2-4-11-27)36(43)39-30-14-6-7-15-30/h2-5,8-13,16-21,23,30,34H,6-7,14-15,22,24-25H2,1H3,(H,39,43)/t34-/m0/s1. The summed E-state index contributed by atoms with van der Waals surface area (Å²) in [6.07, 6.45) is 3.82. The highest BCUT2D eigenvalue weighted by molar-refractivity contribution is 7.92. The summed E-state index contributed by atoms with van der Waals surface area (Å²) < 4.78 is 44.3. The number of aryl methyl sites for hydroxylation is 1. The van der Waals surface area contributed by atoms with Crippen LogP contribution in [0.5, 0.6) is 0 Å². The summed E-state index contributed by atoms with van der Waals surface area (Å²) in [7, 11) is -4.27. The first-order valence-electron chi connectivity index (χ1n) is 15.3. The minimum atomic E-state index is -4.27. The van der Waals surface area contributed by atoms with Crippen LogP contribution in [0.25, 0.3) is 0 Å². The predicted molar refractivity (Wildman–Crippen MR) is 178 cm³/mol. The Hall–Kier alpha value is -4.21. The number of benzene rings is 4. The average Bonchev–Trinajstić information content (AvgIpc) is 3.56. The molecule has 0 radical (unpaired) electrons. The van der Waals surface area contributed by atoms with Crippen molar-refractivity contribution in [2.75, 3.05) is 10.8 Å². The Morgan fingerprint density at radius 3 is 2.26 bits per heavy atom. The van der Waals surface area contributed by atoms with E-state index < -0.39 is 34.3 Å². The third-order valence-corrected chi connectivity index (χ3v) is 10.3. The van der Waals surface area contributed by atoms with E-state index in [9.17, 15) is 18.0 Å². The number of carbonyl (C=O) groups excluding carboxylic acids is 2. The first-order chi connectivity index (χ1) is 22.1. The van der Waals surface area contributed by atoms with Crippen LogP contribution in [0.4, 0.5) is 10.1 Å². The second kappa shape index (κ2) is 14.9. The average molecular weight is 662 g/mol. The van der Waals surface area contributed by atoms with Gasteiger partial charge in [-0.15, -0.1) is 0 Å². The van der Waals surface area contributed by atoms with Crippen LogP contribution in [-0.4, -0.2) is 43.8 Å². The number of nitrogens with zero attached hydrogens (tertiary/aromatic N) is 2. The number of sulfonamides is 1. The van der Waals surface area contributed by atoms with Crippen molar-refractivity contribution in [2.45, 2.75) is 62.6 Å². The molecular formula is C36H37ClFN3O4S. The Balaban J connectivity index is 1.57. The molecule has 1 N–H and O–H groups in total. The normalized spacial score (nSPS) is 14.1. The van der Waals surface area contributed by atoms with Gasteiger partial charge in [0.25, 0.3) is 10.0 Å². The van der Waals surface area contributed by atoms with E-state index in [4.69, 9.17) is 11.6 Å². The summed E-state index contributed by atoms with van der Waals surface area (Å²) in [5.74, 6) is -1.56. The maximum atomic E-state index is 15.1. The number of anilines is 1. The Bertz CT molecular complexity index is 1760. The molecule has 46 heavy (non-hydrogen) atoms. The maximum Gasteiger partial charge on any atom is 0.264 e. The lowest BCUT2D eigenvalue weighted by Crippen LogP contribution is -2.54. The van der Waals surface area contributed by atoms with Crippen LogP contribution in [0.15, 0.2) is 108 Å². The van der Waals surface area contributed by atoms with Crippen molar-refractivity contribution in [2.24, 2.45) is 0 Å². The highest BCUT2D eigenvalue weighted by atomic mass is 35.5. The van der Waals surface area contributed by atoms with Gasteiger partial charge in [0.1, 0.15) is 18.4 Å². The fraction of sp³-hybridized carbons (Fsp3) is 0.278. The number of nitrogens with one attached hydrogen (secondary N) is 1. The molecule has 0 bridgehead atoms. The SMILES string of the molecule is Cc1ccc(S(=O)(=O)N(CC(=O)N(Cc2ccccc2F)[C@@H](Cc2ccccc2)C(=O)NC2CCCC2)c2cccc(Cl)c2)cc1. The minimum Gasteiger partial charge on any atom is -0.352 e. The molecule has 2 amide bonds. The zero-order chi connectivity index (χ0) is 32.7. The first kappa shape index (κ1) is 33.2. The van der Waals surface area contributed by atoms with E-state index in [1.165, 1.54) is 29.2 Å². The lowest BCUT2D eigenvalue weighted by molar-refractivity contribution is -0.140. The van der Waals surface area contributed by atoms with Crippen molar-refractivity contribution >= 4 is 39.1 Å².